The van der Waals surface area contributed by atoms with Crippen LogP contribution >= 0.6 is 0 Å². The zero-order valence-corrected chi connectivity index (χ0v) is 11.0. The lowest BCUT2D eigenvalue weighted by atomic mass is 9.96. The molecule has 0 aromatic carbocycles. The van der Waals surface area contributed by atoms with Crippen molar-refractivity contribution in [2.75, 3.05) is 6.61 Å². The van der Waals surface area contributed by atoms with Gasteiger partial charge in [-0.1, -0.05) is 19.8 Å². The van der Waals surface area contributed by atoms with Gasteiger partial charge in [-0.15, -0.1) is 0 Å². The van der Waals surface area contributed by atoms with Gasteiger partial charge in [0, 0.05) is 10.1 Å². The van der Waals surface area contributed by atoms with Crippen LogP contribution in [0.1, 0.15) is 39.0 Å². The van der Waals surface area contributed by atoms with Gasteiger partial charge in [0.2, 0.25) is 0 Å². The summed E-state index contributed by atoms with van der Waals surface area (Å²) in [4.78, 5) is 42.1. The molecule has 1 aliphatic rings. The molecule has 1 unspecified atom stereocenters. The van der Waals surface area contributed by atoms with Crippen LogP contribution in [0, 0.1) is 0 Å². The van der Waals surface area contributed by atoms with Gasteiger partial charge in [-0.05, 0) is 6.42 Å². The molecule has 20 heavy (non-hydrogen) atoms. The summed E-state index contributed by atoms with van der Waals surface area (Å²) in [6.07, 6.45) is 0.938. The Morgan fingerprint density at radius 3 is 2.70 bits per heavy atom. The summed E-state index contributed by atoms with van der Waals surface area (Å²) in [7, 11) is 0. The molecular weight excluding hydrogens is 276 g/mol. The fourth-order valence-electron chi connectivity index (χ4n) is 1.48. The number of ether oxygens (including phenoxy) is 1. The number of unbranched alkanes of at least 4 members (excludes halogenated alkanes) is 2. The predicted molar refractivity (Wildman–Crippen MR) is 59.0 cm³/mol. The molecule has 0 aliphatic carbocycles. The van der Waals surface area contributed by atoms with E-state index in [1.54, 1.807) is 0 Å². The van der Waals surface area contributed by atoms with Crippen molar-refractivity contribution in [2.24, 2.45) is 0 Å². The first-order valence-corrected chi connectivity index (χ1v) is 6.11. The number of hydrogen-bond donors (Lipinski definition) is 1. The molecule has 114 valence electrons. The zero-order valence-electron chi connectivity index (χ0n) is 11.0. The fraction of sp³-hybridized carbons (Fsp3) is 0.727. The number of aliphatic hydroxyl groups is 1. The van der Waals surface area contributed by atoms with E-state index in [1.807, 2.05) is 6.92 Å². The number of esters is 1. The van der Waals surface area contributed by atoms with E-state index in [1.165, 1.54) is 0 Å². The molecule has 9 heteroatoms. The second-order valence-corrected chi connectivity index (χ2v) is 4.27. The van der Waals surface area contributed by atoms with Gasteiger partial charge in [0.25, 0.3) is 0 Å². The van der Waals surface area contributed by atoms with Crippen molar-refractivity contribution in [3.63, 3.8) is 0 Å². The summed E-state index contributed by atoms with van der Waals surface area (Å²) in [6, 6.07) is 0. The lowest BCUT2D eigenvalue weighted by molar-refractivity contribution is -0.604. The minimum Gasteiger partial charge on any atom is -0.466 e. The lowest BCUT2D eigenvalue weighted by Gasteiger charge is -2.23. The summed E-state index contributed by atoms with van der Waals surface area (Å²) in [5, 5.41) is 17.4. The molecule has 1 rings (SSSR count). The van der Waals surface area contributed by atoms with Crippen molar-refractivity contribution in [1.82, 2.24) is 0 Å². The lowest BCUT2D eigenvalue weighted by Crippen LogP contribution is -2.46. The van der Waals surface area contributed by atoms with Crippen LogP contribution < -0.4 is 0 Å². The van der Waals surface area contributed by atoms with Crippen molar-refractivity contribution in [3.8, 4) is 0 Å². The first-order valence-electron chi connectivity index (χ1n) is 6.11. The van der Waals surface area contributed by atoms with E-state index >= 15 is 0 Å². The Hall–Kier alpha value is -1.71. The highest BCUT2D eigenvalue weighted by Crippen LogP contribution is 2.21. The largest absolute Gasteiger partial charge is 0.466 e. The van der Waals surface area contributed by atoms with Gasteiger partial charge < -0.3 is 9.84 Å². The highest BCUT2D eigenvalue weighted by Gasteiger charge is 2.46. The third-order valence-electron chi connectivity index (χ3n) is 2.53. The minimum atomic E-state index is -2.41. The number of hydrogen-bond acceptors (Lipinski definition) is 9. The van der Waals surface area contributed by atoms with Gasteiger partial charge in [0.05, 0.1) is 19.4 Å². The molecule has 1 N–H and O–H groups in total. The second kappa shape index (κ2) is 7.78. The SMILES string of the molecule is CCCCCOC(=O)CC1(O)CC(=O)OOOOC1=O. The molecule has 1 aliphatic heterocycles. The Kier molecular flexibility index (Phi) is 6.36. The highest BCUT2D eigenvalue weighted by atomic mass is 17.7. The van der Waals surface area contributed by atoms with Crippen molar-refractivity contribution in [2.45, 2.75) is 44.6 Å². The van der Waals surface area contributed by atoms with Crippen LogP contribution in [0.15, 0.2) is 0 Å². The standard InChI is InChI=1S/C11H16O9/c1-2-3-4-5-16-8(12)6-11(15)7-9(13)17-19-20-18-10(11)14/h15H,2-7H2,1H3. The van der Waals surface area contributed by atoms with Gasteiger partial charge in [0.1, 0.15) is 0 Å². The Morgan fingerprint density at radius 1 is 1.30 bits per heavy atom. The van der Waals surface area contributed by atoms with Gasteiger partial charge in [0.15, 0.2) is 5.60 Å². The van der Waals surface area contributed by atoms with Crippen LogP contribution in [-0.2, 0) is 39.0 Å². The average Bonchev–Trinajstić information content (AvgIpc) is 2.38. The van der Waals surface area contributed by atoms with Gasteiger partial charge in [-0.3, -0.25) is 14.6 Å². The molecule has 1 saturated heterocycles. The first kappa shape index (κ1) is 16.3. The zero-order chi connectivity index (χ0) is 15.0. The fourth-order valence-corrected chi connectivity index (χ4v) is 1.48. The summed E-state index contributed by atoms with van der Waals surface area (Å²) in [6.45, 7) is 2.16. The van der Waals surface area contributed by atoms with Gasteiger partial charge in [-0.25, -0.2) is 9.59 Å². The molecule has 0 amide bonds. The summed E-state index contributed by atoms with van der Waals surface area (Å²) in [5.41, 5.74) is -2.41. The average molecular weight is 292 g/mol. The number of carbonyl (C=O) groups is 3. The van der Waals surface area contributed by atoms with Crippen molar-refractivity contribution < 1.29 is 44.1 Å². The van der Waals surface area contributed by atoms with Crippen molar-refractivity contribution in [3.05, 3.63) is 0 Å². The molecular formula is C11H16O9. The van der Waals surface area contributed by atoms with Gasteiger partial charge in [-0.2, -0.15) is 0 Å². The monoisotopic (exact) mass is 292 g/mol. The molecule has 1 fully saturated rings. The third-order valence-corrected chi connectivity index (χ3v) is 2.53. The molecule has 0 radical (unpaired) electrons. The smallest absolute Gasteiger partial charge is 0.378 e. The quantitative estimate of drug-likeness (QED) is 0.413. The summed E-state index contributed by atoms with van der Waals surface area (Å²) >= 11 is 0. The first-order chi connectivity index (χ1) is 9.48. The van der Waals surface area contributed by atoms with E-state index in [4.69, 9.17) is 4.74 Å². The van der Waals surface area contributed by atoms with E-state index in [-0.39, 0.29) is 6.61 Å². The number of carbonyl (C=O) groups excluding carboxylic acids is 3. The number of rotatable bonds is 6. The predicted octanol–water partition coefficient (Wildman–Crippen LogP) is 0.109. The Bertz CT molecular complexity index is 367. The van der Waals surface area contributed by atoms with Gasteiger partial charge >= 0.3 is 17.9 Å². The van der Waals surface area contributed by atoms with Crippen LogP contribution in [0.25, 0.3) is 0 Å². The maximum absolute atomic E-state index is 11.5. The normalized spacial score (nSPS) is 23.3. The Morgan fingerprint density at radius 2 is 2.00 bits per heavy atom. The highest BCUT2D eigenvalue weighted by molar-refractivity contribution is 5.89. The van der Waals surface area contributed by atoms with E-state index in [9.17, 15) is 19.5 Å². The van der Waals surface area contributed by atoms with E-state index in [0.717, 1.165) is 12.8 Å². The maximum atomic E-state index is 11.5. The Balaban J connectivity index is 2.53. The van der Waals surface area contributed by atoms with Crippen LogP contribution in [0.5, 0.6) is 0 Å². The van der Waals surface area contributed by atoms with Crippen LogP contribution in [-0.4, -0.2) is 35.2 Å². The minimum absolute atomic E-state index is 0.169. The van der Waals surface area contributed by atoms with Crippen LogP contribution in [0.4, 0.5) is 0 Å². The second-order valence-electron chi connectivity index (χ2n) is 4.27. The molecule has 1 heterocycles. The molecule has 0 saturated carbocycles. The molecule has 0 aromatic rings. The summed E-state index contributed by atoms with van der Waals surface area (Å²) < 4.78 is 4.84. The maximum Gasteiger partial charge on any atom is 0.378 e. The third kappa shape index (κ3) is 5.11. The topological polar surface area (TPSA) is 118 Å². The van der Waals surface area contributed by atoms with Crippen LogP contribution in [0.2, 0.25) is 0 Å². The van der Waals surface area contributed by atoms with E-state index in [2.05, 4.69) is 19.9 Å². The molecule has 0 aromatic heterocycles. The molecule has 0 spiro atoms. The van der Waals surface area contributed by atoms with Crippen molar-refractivity contribution in [1.29, 1.82) is 0 Å². The molecule has 1 atom stereocenters. The molecule has 9 nitrogen and oxygen atoms in total. The van der Waals surface area contributed by atoms with Crippen molar-refractivity contribution >= 4 is 17.9 Å². The Labute approximate surface area is 114 Å². The van der Waals surface area contributed by atoms with E-state index < -0.39 is 36.4 Å². The molecule has 0 bridgehead atoms. The van der Waals surface area contributed by atoms with E-state index in [0.29, 0.717) is 6.42 Å². The van der Waals surface area contributed by atoms with Crippen LogP contribution in [0.3, 0.4) is 0 Å². The summed E-state index contributed by atoms with van der Waals surface area (Å²) in [5.74, 6) is -3.28.